The maximum absolute atomic E-state index is 13.3. The molecular formula is C27H23N3O6. The van der Waals surface area contributed by atoms with Crippen LogP contribution < -0.4 is 9.80 Å². The van der Waals surface area contributed by atoms with Crippen LogP contribution in [0.15, 0.2) is 78.4 Å². The predicted molar refractivity (Wildman–Crippen MR) is 134 cm³/mol. The highest BCUT2D eigenvalue weighted by Crippen LogP contribution is 2.43. The van der Waals surface area contributed by atoms with Crippen LogP contribution >= 0.6 is 0 Å². The molecule has 1 amide bonds. The topological polar surface area (TPSA) is 124 Å². The lowest BCUT2D eigenvalue weighted by molar-refractivity contribution is -0.384. The Hall–Kier alpha value is -4.66. The van der Waals surface area contributed by atoms with Crippen LogP contribution in [0.4, 0.5) is 17.1 Å². The summed E-state index contributed by atoms with van der Waals surface area (Å²) >= 11 is 0. The third kappa shape index (κ3) is 4.04. The summed E-state index contributed by atoms with van der Waals surface area (Å²) in [6, 6.07) is 17.6. The predicted octanol–water partition coefficient (Wildman–Crippen LogP) is 4.53. The van der Waals surface area contributed by atoms with Crippen LogP contribution in [-0.2, 0) is 9.59 Å². The summed E-state index contributed by atoms with van der Waals surface area (Å²) in [5.41, 5.74) is 1.90. The minimum atomic E-state index is -0.960. The fourth-order valence-corrected chi connectivity index (χ4v) is 4.77. The number of phenols is 1. The van der Waals surface area contributed by atoms with Gasteiger partial charge in [0.05, 0.1) is 16.5 Å². The largest absolute Gasteiger partial charge is 0.508 e. The number of phenolic OH excluding ortho intramolecular Hbond substituents is 1. The molecule has 2 saturated heterocycles. The standard InChI is InChI=1S/C27H23N3O6/c31-22-13-5-17(6-14-22)24-23(25(32)18-3-7-21(8-4-18)30(35)36)26(33)27(34)29(24)20-11-9-19(10-12-20)28-15-1-2-16-28/h3-14,24,31-32H,1-2,15-16H2/b25-23-. The van der Waals surface area contributed by atoms with Gasteiger partial charge in [-0.25, -0.2) is 0 Å². The molecule has 0 aromatic heterocycles. The molecule has 1 atom stereocenters. The number of aromatic hydroxyl groups is 1. The molecule has 2 fully saturated rings. The van der Waals surface area contributed by atoms with Gasteiger partial charge in [0, 0.05) is 42.2 Å². The van der Waals surface area contributed by atoms with E-state index in [2.05, 4.69) is 4.90 Å². The number of rotatable bonds is 5. The van der Waals surface area contributed by atoms with Gasteiger partial charge in [-0.3, -0.25) is 24.6 Å². The van der Waals surface area contributed by atoms with Crippen LogP contribution in [-0.4, -0.2) is 39.9 Å². The van der Waals surface area contributed by atoms with Crippen molar-refractivity contribution < 1.29 is 24.7 Å². The van der Waals surface area contributed by atoms with E-state index in [1.54, 1.807) is 24.3 Å². The number of nitro groups is 1. The molecule has 36 heavy (non-hydrogen) atoms. The molecule has 2 heterocycles. The van der Waals surface area contributed by atoms with Crippen molar-refractivity contribution in [2.45, 2.75) is 18.9 Å². The van der Waals surface area contributed by atoms with E-state index >= 15 is 0 Å². The number of hydrogen-bond acceptors (Lipinski definition) is 7. The molecule has 2 N–H and O–H groups in total. The highest BCUT2D eigenvalue weighted by atomic mass is 16.6. The van der Waals surface area contributed by atoms with Crippen molar-refractivity contribution in [1.82, 2.24) is 0 Å². The first kappa shape index (κ1) is 23.1. The number of amides is 1. The molecule has 0 aliphatic carbocycles. The molecule has 9 nitrogen and oxygen atoms in total. The summed E-state index contributed by atoms with van der Waals surface area (Å²) in [5, 5.41) is 31.9. The number of carbonyl (C=O) groups excluding carboxylic acids is 2. The van der Waals surface area contributed by atoms with Crippen molar-refractivity contribution >= 4 is 34.5 Å². The van der Waals surface area contributed by atoms with E-state index in [0.29, 0.717) is 11.3 Å². The smallest absolute Gasteiger partial charge is 0.300 e. The molecule has 2 aliphatic heterocycles. The number of aliphatic hydroxyl groups is 1. The Balaban J connectivity index is 1.61. The SMILES string of the molecule is O=C1C(=O)N(c2ccc(N3CCCC3)cc2)C(c2ccc(O)cc2)/C1=C(/O)c1ccc([N+](=O)[O-])cc1. The molecule has 0 bridgehead atoms. The van der Waals surface area contributed by atoms with Gasteiger partial charge in [0.2, 0.25) is 0 Å². The Bertz CT molecular complexity index is 1360. The molecular weight excluding hydrogens is 462 g/mol. The van der Waals surface area contributed by atoms with Gasteiger partial charge in [0.15, 0.2) is 0 Å². The first-order valence-corrected chi connectivity index (χ1v) is 11.5. The van der Waals surface area contributed by atoms with Crippen LogP contribution in [0.2, 0.25) is 0 Å². The summed E-state index contributed by atoms with van der Waals surface area (Å²) in [5.74, 6) is -2.09. The first-order chi connectivity index (χ1) is 17.3. The number of ketones is 1. The second-order valence-electron chi connectivity index (χ2n) is 8.78. The van der Waals surface area contributed by atoms with Gasteiger partial charge in [-0.15, -0.1) is 0 Å². The lowest BCUT2D eigenvalue weighted by Gasteiger charge is -2.26. The van der Waals surface area contributed by atoms with E-state index in [0.717, 1.165) is 31.6 Å². The number of nitro benzene ring substituents is 1. The zero-order valence-electron chi connectivity index (χ0n) is 19.2. The maximum Gasteiger partial charge on any atom is 0.300 e. The number of Topliss-reactive ketones (excluding diaryl/α,β-unsaturated/α-hetero) is 1. The van der Waals surface area contributed by atoms with E-state index in [9.17, 15) is 29.9 Å². The average molecular weight is 485 g/mol. The Morgan fingerprint density at radius 1 is 0.861 bits per heavy atom. The molecule has 0 spiro atoms. The van der Waals surface area contributed by atoms with Gasteiger partial charge < -0.3 is 15.1 Å². The van der Waals surface area contributed by atoms with Crippen LogP contribution in [0, 0.1) is 10.1 Å². The van der Waals surface area contributed by atoms with E-state index in [4.69, 9.17) is 0 Å². The summed E-state index contributed by atoms with van der Waals surface area (Å²) in [7, 11) is 0. The maximum atomic E-state index is 13.3. The summed E-state index contributed by atoms with van der Waals surface area (Å²) < 4.78 is 0. The lowest BCUT2D eigenvalue weighted by atomic mass is 9.95. The Labute approximate surface area is 206 Å². The van der Waals surface area contributed by atoms with Crippen molar-refractivity contribution in [3.63, 3.8) is 0 Å². The monoisotopic (exact) mass is 485 g/mol. The number of benzene rings is 3. The van der Waals surface area contributed by atoms with Gasteiger partial charge in [-0.05, 0) is 66.9 Å². The number of aliphatic hydroxyl groups excluding tert-OH is 1. The zero-order chi connectivity index (χ0) is 25.4. The molecule has 0 saturated carbocycles. The number of nitrogens with zero attached hydrogens (tertiary/aromatic N) is 3. The van der Waals surface area contributed by atoms with Crippen molar-refractivity contribution in [1.29, 1.82) is 0 Å². The fraction of sp³-hybridized carbons (Fsp3) is 0.185. The summed E-state index contributed by atoms with van der Waals surface area (Å²) in [6.45, 7) is 1.93. The number of carbonyl (C=O) groups is 2. The van der Waals surface area contributed by atoms with Crippen LogP contribution in [0.5, 0.6) is 5.75 Å². The van der Waals surface area contributed by atoms with Crippen molar-refractivity contribution in [3.05, 3.63) is 99.6 Å². The minimum absolute atomic E-state index is 0.0148. The first-order valence-electron chi connectivity index (χ1n) is 11.5. The van der Waals surface area contributed by atoms with Crippen molar-refractivity contribution in [2.75, 3.05) is 22.9 Å². The van der Waals surface area contributed by atoms with Gasteiger partial charge in [0.1, 0.15) is 11.5 Å². The highest BCUT2D eigenvalue weighted by molar-refractivity contribution is 6.51. The van der Waals surface area contributed by atoms with Gasteiger partial charge in [0.25, 0.3) is 17.4 Å². The number of anilines is 2. The van der Waals surface area contributed by atoms with E-state index < -0.39 is 28.4 Å². The highest BCUT2D eigenvalue weighted by Gasteiger charge is 2.47. The Morgan fingerprint density at radius 2 is 1.44 bits per heavy atom. The second-order valence-corrected chi connectivity index (χ2v) is 8.78. The molecule has 5 rings (SSSR count). The van der Waals surface area contributed by atoms with Crippen molar-refractivity contribution in [3.8, 4) is 5.75 Å². The molecule has 9 heteroatoms. The summed E-state index contributed by atoms with van der Waals surface area (Å²) in [4.78, 5) is 40.5. The third-order valence-corrected chi connectivity index (χ3v) is 6.60. The number of non-ortho nitro benzene ring substituents is 1. The van der Waals surface area contributed by atoms with Crippen LogP contribution in [0.25, 0.3) is 5.76 Å². The van der Waals surface area contributed by atoms with Crippen LogP contribution in [0.3, 0.4) is 0 Å². The number of hydrogen-bond donors (Lipinski definition) is 2. The normalized spacial score (nSPS) is 19.2. The average Bonchev–Trinajstić information content (AvgIpc) is 3.52. The molecule has 3 aromatic rings. The second kappa shape index (κ2) is 9.18. The van der Waals surface area contributed by atoms with Gasteiger partial charge >= 0.3 is 0 Å². The van der Waals surface area contributed by atoms with E-state index in [1.807, 2.05) is 12.1 Å². The van der Waals surface area contributed by atoms with Crippen LogP contribution in [0.1, 0.15) is 30.0 Å². The minimum Gasteiger partial charge on any atom is -0.508 e. The van der Waals surface area contributed by atoms with Gasteiger partial charge in [-0.2, -0.15) is 0 Å². The molecule has 2 aliphatic rings. The quantitative estimate of drug-likeness (QED) is 0.179. The van der Waals surface area contributed by atoms with E-state index in [-0.39, 0.29) is 22.6 Å². The van der Waals surface area contributed by atoms with E-state index in [1.165, 1.54) is 41.3 Å². The third-order valence-electron chi connectivity index (χ3n) is 6.60. The van der Waals surface area contributed by atoms with Crippen molar-refractivity contribution in [2.24, 2.45) is 0 Å². The zero-order valence-corrected chi connectivity index (χ0v) is 19.2. The molecule has 0 radical (unpaired) electrons. The molecule has 1 unspecified atom stereocenters. The molecule has 3 aromatic carbocycles. The fourth-order valence-electron chi connectivity index (χ4n) is 4.77. The lowest BCUT2D eigenvalue weighted by Crippen LogP contribution is -2.29. The Morgan fingerprint density at radius 3 is 2.03 bits per heavy atom. The Kier molecular flexibility index (Phi) is 5.89. The molecule has 182 valence electrons. The van der Waals surface area contributed by atoms with Gasteiger partial charge in [-0.1, -0.05) is 12.1 Å². The summed E-state index contributed by atoms with van der Waals surface area (Å²) in [6.07, 6.45) is 2.25.